The number of benzene rings is 1. The number of nitrogens with zero attached hydrogens (tertiary/aromatic N) is 2. The Labute approximate surface area is 120 Å². The summed E-state index contributed by atoms with van der Waals surface area (Å²) < 4.78 is 7.62. The summed E-state index contributed by atoms with van der Waals surface area (Å²) in [6, 6.07) is 7.82. The van der Waals surface area contributed by atoms with Gasteiger partial charge in [-0.15, -0.1) is 11.3 Å². The third-order valence-corrected chi connectivity index (χ3v) is 3.88. The SMILES string of the molecule is CC(C)c1ccccc1Oc1nc2sccn2c1C=O. The molecule has 0 amide bonds. The summed E-state index contributed by atoms with van der Waals surface area (Å²) in [6.45, 7) is 4.21. The molecular formula is C15H14N2O2S. The number of fused-ring (bicyclic) bond motifs is 1. The average Bonchev–Trinajstić information content (AvgIpc) is 2.99. The zero-order valence-corrected chi connectivity index (χ0v) is 12.1. The van der Waals surface area contributed by atoms with Gasteiger partial charge in [0.25, 0.3) is 0 Å². The molecule has 20 heavy (non-hydrogen) atoms. The minimum Gasteiger partial charge on any atom is -0.437 e. The van der Waals surface area contributed by atoms with Gasteiger partial charge in [0.15, 0.2) is 16.9 Å². The van der Waals surface area contributed by atoms with Crippen molar-refractivity contribution in [1.82, 2.24) is 9.38 Å². The second-order valence-electron chi connectivity index (χ2n) is 4.77. The quantitative estimate of drug-likeness (QED) is 0.677. The summed E-state index contributed by atoms with van der Waals surface area (Å²) in [7, 11) is 0. The zero-order valence-electron chi connectivity index (χ0n) is 11.2. The van der Waals surface area contributed by atoms with Gasteiger partial charge in [-0.1, -0.05) is 32.0 Å². The standard InChI is InChI=1S/C15H14N2O2S/c1-10(2)11-5-3-4-6-13(11)19-14-12(9-18)17-7-8-20-15(17)16-14/h3-10H,1-2H3. The van der Waals surface area contributed by atoms with Crippen LogP contribution in [0.2, 0.25) is 0 Å². The molecule has 0 atom stereocenters. The Kier molecular flexibility index (Phi) is 3.28. The lowest BCUT2D eigenvalue weighted by atomic mass is 10.0. The summed E-state index contributed by atoms with van der Waals surface area (Å²) in [5, 5.41) is 1.89. The molecule has 5 heteroatoms. The van der Waals surface area contributed by atoms with Gasteiger partial charge in [0.05, 0.1) is 0 Å². The lowest BCUT2D eigenvalue weighted by Gasteiger charge is -2.12. The van der Waals surface area contributed by atoms with Crippen molar-refractivity contribution in [2.75, 3.05) is 0 Å². The van der Waals surface area contributed by atoms with Crippen molar-refractivity contribution < 1.29 is 9.53 Å². The molecule has 102 valence electrons. The van der Waals surface area contributed by atoms with Crippen molar-refractivity contribution >= 4 is 22.6 Å². The number of thiazole rings is 1. The molecule has 0 unspecified atom stereocenters. The monoisotopic (exact) mass is 286 g/mol. The van der Waals surface area contributed by atoms with Gasteiger partial charge >= 0.3 is 0 Å². The van der Waals surface area contributed by atoms with Crippen molar-refractivity contribution in [1.29, 1.82) is 0 Å². The Balaban J connectivity index is 2.05. The van der Waals surface area contributed by atoms with Crippen LogP contribution in [0.5, 0.6) is 11.6 Å². The number of para-hydroxylation sites is 1. The van der Waals surface area contributed by atoms with E-state index in [0.717, 1.165) is 22.6 Å². The van der Waals surface area contributed by atoms with E-state index in [1.54, 1.807) is 4.40 Å². The smallest absolute Gasteiger partial charge is 0.250 e. The number of carbonyl (C=O) groups is 1. The van der Waals surface area contributed by atoms with E-state index >= 15 is 0 Å². The summed E-state index contributed by atoms with van der Waals surface area (Å²) in [4.78, 5) is 16.4. The first-order valence-corrected chi connectivity index (χ1v) is 7.26. The second kappa shape index (κ2) is 5.09. The van der Waals surface area contributed by atoms with E-state index in [1.807, 2.05) is 35.8 Å². The molecule has 0 bridgehead atoms. The highest BCUT2D eigenvalue weighted by atomic mass is 32.1. The molecule has 2 aromatic heterocycles. The molecule has 0 saturated heterocycles. The predicted octanol–water partition coefficient (Wildman–Crippen LogP) is 4.12. The van der Waals surface area contributed by atoms with Crippen molar-refractivity contribution in [3.8, 4) is 11.6 Å². The van der Waals surface area contributed by atoms with E-state index in [0.29, 0.717) is 17.5 Å². The topological polar surface area (TPSA) is 43.6 Å². The fourth-order valence-corrected chi connectivity index (χ4v) is 2.83. The van der Waals surface area contributed by atoms with Crippen LogP contribution in [0.15, 0.2) is 35.8 Å². The molecule has 1 aromatic carbocycles. The largest absolute Gasteiger partial charge is 0.437 e. The van der Waals surface area contributed by atoms with Crippen LogP contribution in [-0.2, 0) is 0 Å². The molecule has 0 fully saturated rings. The maximum Gasteiger partial charge on any atom is 0.250 e. The molecule has 0 saturated carbocycles. The van der Waals surface area contributed by atoms with Crippen molar-refractivity contribution in [3.63, 3.8) is 0 Å². The van der Waals surface area contributed by atoms with Crippen LogP contribution in [0.4, 0.5) is 0 Å². The first kappa shape index (κ1) is 12.9. The molecule has 0 spiro atoms. The van der Waals surface area contributed by atoms with E-state index in [4.69, 9.17) is 4.74 Å². The lowest BCUT2D eigenvalue weighted by Crippen LogP contribution is -1.96. The number of hydrogen-bond donors (Lipinski definition) is 0. The Morgan fingerprint density at radius 2 is 2.15 bits per heavy atom. The Bertz CT molecular complexity index is 758. The van der Waals surface area contributed by atoms with Crippen molar-refractivity contribution in [2.24, 2.45) is 0 Å². The fourth-order valence-electron chi connectivity index (χ4n) is 2.12. The maximum atomic E-state index is 11.3. The van der Waals surface area contributed by atoms with Gasteiger partial charge in [-0.25, -0.2) is 0 Å². The van der Waals surface area contributed by atoms with Crippen LogP contribution >= 0.6 is 11.3 Å². The van der Waals surface area contributed by atoms with Crippen LogP contribution in [0.1, 0.15) is 35.8 Å². The molecule has 0 N–H and O–H groups in total. The summed E-state index contributed by atoms with van der Waals surface area (Å²) in [5.74, 6) is 1.45. The zero-order chi connectivity index (χ0) is 14.1. The normalized spacial score (nSPS) is 11.2. The molecule has 0 aliphatic carbocycles. The van der Waals surface area contributed by atoms with Gasteiger partial charge < -0.3 is 4.74 Å². The van der Waals surface area contributed by atoms with Crippen LogP contribution in [-0.4, -0.2) is 15.7 Å². The lowest BCUT2D eigenvalue weighted by molar-refractivity contribution is 0.111. The Hall–Kier alpha value is -2.14. The summed E-state index contributed by atoms with van der Waals surface area (Å²) in [6.07, 6.45) is 2.60. The van der Waals surface area contributed by atoms with Crippen molar-refractivity contribution in [2.45, 2.75) is 19.8 Å². The van der Waals surface area contributed by atoms with Crippen molar-refractivity contribution in [3.05, 3.63) is 47.1 Å². The first-order chi connectivity index (χ1) is 9.70. The molecule has 0 aliphatic rings. The van der Waals surface area contributed by atoms with E-state index in [9.17, 15) is 4.79 Å². The third-order valence-electron chi connectivity index (χ3n) is 3.12. The molecule has 0 aliphatic heterocycles. The third kappa shape index (κ3) is 2.10. The maximum absolute atomic E-state index is 11.3. The Morgan fingerprint density at radius 3 is 2.90 bits per heavy atom. The van der Waals surface area contributed by atoms with Crippen LogP contribution in [0.3, 0.4) is 0 Å². The highest BCUT2D eigenvalue weighted by Gasteiger charge is 2.16. The van der Waals surface area contributed by atoms with E-state index < -0.39 is 0 Å². The van der Waals surface area contributed by atoms with Gasteiger partial charge in [-0.05, 0) is 17.5 Å². The van der Waals surface area contributed by atoms with Gasteiger partial charge in [0, 0.05) is 11.6 Å². The summed E-state index contributed by atoms with van der Waals surface area (Å²) in [5.41, 5.74) is 1.54. The number of ether oxygens (including phenoxy) is 1. The predicted molar refractivity (Wildman–Crippen MR) is 79.1 cm³/mol. The van der Waals surface area contributed by atoms with Gasteiger partial charge in [-0.2, -0.15) is 4.98 Å². The number of hydrogen-bond acceptors (Lipinski definition) is 4. The molecular weight excluding hydrogens is 272 g/mol. The minimum absolute atomic E-state index is 0.342. The average molecular weight is 286 g/mol. The molecule has 3 aromatic rings. The van der Waals surface area contributed by atoms with E-state index in [-0.39, 0.29) is 0 Å². The number of aldehydes is 1. The molecule has 2 heterocycles. The van der Waals surface area contributed by atoms with Crippen LogP contribution in [0.25, 0.3) is 4.96 Å². The molecule has 4 nitrogen and oxygen atoms in total. The van der Waals surface area contributed by atoms with E-state index in [1.165, 1.54) is 11.3 Å². The molecule has 3 rings (SSSR count). The van der Waals surface area contributed by atoms with Gasteiger partial charge in [0.2, 0.25) is 5.88 Å². The Morgan fingerprint density at radius 1 is 1.35 bits per heavy atom. The van der Waals surface area contributed by atoms with Crippen LogP contribution < -0.4 is 4.74 Å². The highest BCUT2D eigenvalue weighted by molar-refractivity contribution is 7.15. The number of imidazole rings is 1. The highest BCUT2D eigenvalue weighted by Crippen LogP contribution is 2.32. The number of carbonyl (C=O) groups excluding carboxylic acids is 1. The number of aromatic nitrogens is 2. The first-order valence-electron chi connectivity index (χ1n) is 6.38. The number of rotatable bonds is 4. The van der Waals surface area contributed by atoms with E-state index in [2.05, 4.69) is 18.8 Å². The minimum atomic E-state index is 0.342. The molecule has 0 radical (unpaired) electrons. The van der Waals surface area contributed by atoms with Crippen LogP contribution in [0, 0.1) is 0 Å². The summed E-state index contributed by atoms with van der Waals surface area (Å²) >= 11 is 1.47. The van der Waals surface area contributed by atoms with Gasteiger partial charge in [0.1, 0.15) is 5.75 Å². The van der Waals surface area contributed by atoms with Gasteiger partial charge in [-0.3, -0.25) is 9.20 Å². The second-order valence-corrected chi connectivity index (χ2v) is 5.64. The fraction of sp³-hybridized carbons (Fsp3) is 0.200.